The van der Waals surface area contributed by atoms with Crippen molar-refractivity contribution >= 4 is 6.16 Å². The predicted octanol–water partition coefficient (Wildman–Crippen LogP) is 2.16. The van der Waals surface area contributed by atoms with Gasteiger partial charge in [-0.3, -0.25) is 0 Å². The first-order chi connectivity index (χ1) is 6.41. The highest BCUT2D eigenvalue weighted by molar-refractivity contribution is 5.61. The van der Waals surface area contributed by atoms with E-state index in [9.17, 15) is 18.0 Å². The smallest absolute Gasteiger partial charge is 0.449 e. The van der Waals surface area contributed by atoms with Gasteiger partial charge in [0.1, 0.15) is 5.56 Å². The van der Waals surface area contributed by atoms with Crippen LogP contribution in [0.15, 0.2) is 18.3 Å². The number of ether oxygens (including phenoxy) is 1. The molecular weight excluding hydrogens is 203 g/mol. The molecule has 0 fully saturated rings. The highest BCUT2D eigenvalue weighted by Crippen LogP contribution is 2.34. The van der Waals surface area contributed by atoms with Gasteiger partial charge in [0.2, 0.25) is 5.88 Å². The molecule has 0 aliphatic heterocycles. The van der Waals surface area contributed by atoms with Crippen LogP contribution < -0.4 is 4.74 Å². The number of nitrogens with zero attached hydrogens (tertiary/aromatic N) is 1. The first-order valence-corrected chi connectivity index (χ1v) is 3.34. The quantitative estimate of drug-likeness (QED) is 0.716. The Balaban J connectivity index is 3.10. The summed E-state index contributed by atoms with van der Waals surface area (Å²) in [5.74, 6) is -0.965. The van der Waals surface area contributed by atoms with E-state index in [0.717, 1.165) is 12.3 Å². The molecule has 7 heteroatoms. The molecule has 76 valence electrons. The molecule has 0 aliphatic carbocycles. The van der Waals surface area contributed by atoms with E-state index in [2.05, 4.69) is 9.72 Å². The maximum absolute atomic E-state index is 12.2. The van der Waals surface area contributed by atoms with Crippen LogP contribution in [0.3, 0.4) is 0 Å². The van der Waals surface area contributed by atoms with Crippen molar-refractivity contribution in [2.45, 2.75) is 6.18 Å². The molecule has 14 heavy (non-hydrogen) atoms. The summed E-state index contributed by atoms with van der Waals surface area (Å²) in [5.41, 5.74) is -1.22. The van der Waals surface area contributed by atoms with Crippen LogP contribution in [-0.4, -0.2) is 16.2 Å². The minimum absolute atomic E-state index is 0.686. The van der Waals surface area contributed by atoms with E-state index >= 15 is 0 Å². The van der Waals surface area contributed by atoms with E-state index in [1.54, 1.807) is 0 Å². The van der Waals surface area contributed by atoms with E-state index in [1.807, 2.05) is 0 Å². The van der Waals surface area contributed by atoms with Gasteiger partial charge >= 0.3 is 12.3 Å². The summed E-state index contributed by atoms with van der Waals surface area (Å²) >= 11 is 0. The Labute approximate surface area is 75.9 Å². The zero-order chi connectivity index (χ0) is 10.8. The molecule has 0 aromatic carbocycles. The Hall–Kier alpha value is -1.79. The van der Waals surface area contributed by atoms with Crippen molar-refractivity contribution in [1.29, 1.82) is 0 Å². The minimum Gasteiger partial charge on any atom is -0.449 e. The molecule has 1 N–H and O–H groups in total. The van der Waals surface area contributed by atoms with Crippen molar-refractivity contribution in [3.05, 3.63) is 23.9 Å². The summed E-state index contributed by atoms with van der Waals surface area (Å²) in [6.07, 6.45) is -5.51. The minimum atomic E-state index is -4.68. The second-order valence-electron chi connectivity index (χ2n) is 2.22. The number of aromatic nitrogens is 1. The molecule has 1 rings (SSSR count). The van der Waals surface area contributed by atoms with E-state index in [-0.39, 0.29) is 0 Å². The van der Waals surface area contributed by atoms with Crippen molar-refractivity contribution in [1.82, 2.24) is 4.98 Å². The van der Waals surface area contributed by atoms with Crippen LogP contribution in [0.5, 0.6) is 5.88 Å². The van der Waals surface area contributed by atoms with Gasteiger partial charge in [0.25, 0.3) is 0 Å². The van der Waals surface area contributed by atoms with Crippen LogP contribution in [-0.2, 0) is 6.18 Å². The molecule has 0 radical (unpaired) electrons. The molecule has 0 spiro atoms. The number of carboxylic acid groups (broad SMARTS) is 1. The molecule has 1 heterocycles. The summed E-state index contributed by atoms with van der Waals surface area (Å²) in [4.78, 5) is 13.2. The molecule has 0 amide bonds. The molecule has 1 aromatic heterocycles. The summed E-state index contributed by atoms with van der Waals surface area (Å²) in [5, 5.41) is 8.13. The molecule has 0 bridgehead atoms. The third-order valence-corrected chi connectivity index (χ3v) is 1.26. The number of alkyl halides is 3. The van der Waals surface area contributed by atoms with Crippen molar-refractivity contribution in [2.24, 2.45) is 0 Å². The molecule has 0 atom stereocenters. The zero-order valence-electron chi connectivity index (χ0n) is 6.58. The normalized spacial score (nSPS) is 11.1. The molecule has 4 nitrogen and oxygen atoms in total. The molecule has 0 saturated heterocycles. The fourth-order valence-electron chi connectivity index (χ4n) is 0.771. The van der Waals surface area contributed by atoms with E-state index in [1.165, 1.54) is 0 Å². The van der Waals surface area contributed by atoms with E-state index < -0.39 is 23.8 Å². The van der Waals surface area contributed by atoms with Crippen LogP contribution >= 0.6 is 0 Å². The largest absolute Gasteiger partial charge is 0.512 e. The third-order valence-electron chi connectivity index (χ3n) is 1.26. The van der Waals surface area contributed by atoms with E-state index in [4.69, 9.17) is 5.11 Å². The van der Waals surface area contributed by atoms with Gasteiger partial charge in [0.15, 0.2) is 0 Å². The lowest BCUT2D eigenvalue weighted by molar-refractivity contribution is -0.138. The average molecular weight is 207 g/mol. The number of hydrogen-bond donors (Lipinski definition) is 1. The summed E-state index contributed by atoms with van der Waals surface area (Å²) in [6, 6.07) is 1.73. The highest BCUT2D eigenvalue weighted by atomic mass is 19.4. The Bertz CT molecular complexity index is 350. The summed E-state index contributed by atoms with van der Waals surface area (Å²) in [6.45, 7) is 0. The van der Waals surface area contributed by atoms with Crippen LogP contribution in [0.1, 0.15) is 5.56 Å². The topological polar surface area (TPSA) is 59.4 Å². The SMILES string of the molecule is O=C(O)Oc1ncccc1C(F)(F)F. The van der Waals surface area contributed by atoms with Crippen LogP contribution in [0.4, 0.5) is 18.0 Å². The number of hydrogen-bond acceptors (Lipinski definition) is 3. The molecular formula is C7H4F3NO3. The Morgan fingerprint density at radius 3 is 2.64 bits per heavy atom. The van der Waals surface area contributed by atoms with Gasteiger partial charge in [-0.25, -0.2) is 9.78 Å². The van der Waals surface area contributed by atoms with Crippen molar-refractivity contribution in [3.63, 3.8) is 0 Å². The van der Waals surface area contributed by atoms with Gasteiger partial charge in [-0.15, -0.1) is 0 Å². The zero-order valence-corrected chi connectivity index (χ0v) is 6.58. The standard InChI is InChI=1S/C7H4F3NO3/c8-7(9,10)4-2-1-3-11-5(4)14-6(12)13/h1-3H,(H,12,13). The number of pyridine rings is 1. The van der Waals surface area contributed by atoms with Crippen molar-refractivity contribution < 1.29 is 27.8 Å². The first kappa shape index (κ1) is 10.3. The van der Waals surface area contributed by atoms with Crippen molar-refractivity contribution in [3.8, 4) is 5.88 Å². The van der Waals surface area contributed by atoms with E-state index in [0.29, 0.717) is 6.07 Å². The van der Waals surface area contributed by atoms with Gasteiger partial charge in [0.05, 0.1) is 0 Å². The summed E-state index contributed by atoms with van der Waals surface area (Å²) in [7, 11) is 0. The molecule has 1 aromatic rings. The molecule has 0 unspecified atom stereocenters. The Morgan fingerprint density at radius 1 is 1.50 bits per heavy atom. The number of halogens is 3. The molecule has 0 saturated carbocycles. The van der Waals surface area contributed by atoms with Gasteiger partial charge < -0.3 is 9.84 Å². The Kier molecular flexibility index (Phi) is 2.59. The predicted molar refractivity (Wildman–Crippen MR) is 37.9 cm³/mol. The second-order valence-corrected chi connectivity index (χ2v) is 2.22. The highest BCUT2D eigenvalue weighted by Gasteiger charge is 2.35. The first-order valence-electron chi connectivity index (χ1n) is 3.34. The average Bonchev–Trinajstić information content (AvgIpc) is 2.01. The van der Waals surface area contributed by atoms with Crippen LogP contribution in [0.25, 0.3) is 0 Å². The Morgan fingerprint density at radius 2 is 2.14 bits per heavy atom. The second kappa shape index (κ2) is 3.52. The summed E-state index contributed by atoms with van der Waals surface area (Å²) < 4.78 is 40.4. The molecule has 0 aliphatic rings. The third kappa shape index (κ3) is 2.35. The lowest BCUT2D eigenvalue weighted by Gasteiger charge is -2.08. The monoisotopic (exact) mass is 207 g/mol. The van der Waals surface area contributed by atoms with Gasteiger partial charge in [-0.1, -0.05) is 0 Å². The fraction of sp³-hybridized carbons (Fsp3) is 0.143. The van der Waals surface area contributed by atoms with Crippen LogP contribution in [0, 0.1) is 0 Å². The lowest BCUT2D eigenvalue weighted by atomic mass is 10.2. The maximum Gasteiger partial charge on any atom is 0.512 e. The lowest BCUT2D eigenvalue weighted by Crippen LogP contribution is -2.12. The fourth-order valence-corrected chi connectivity index (χ4v) is 0.771. The number of rotatable bonds is 1. The van der Waals surface area contributed by atoms with Gasteiger partial charge in [-0.2, -0.15) is 13.2 Å². The number of carbonyl (C=O) groups is 1. The van der Waals surface area contributed by atoms with Gasteiger partial charge in [-0.05, 0) is 12.1 Å². The van der Waals surface area contributed by atoms with Crippen LogP contribution in [0.2, 0.25) is 0 Å². The maximum atomic E-state index is 12.2. The van der Waals surface area contributed by atoms with Gasteiger partial charge in [0, 0.05) is 6.20 Å². The van der Waals surface area contributed by atoms with Crippen molar-refractivity contribution in [2.75, 3.05) is 0 Å².